The van der Waals surface area contributed by atoms with Gasteiger partial charge < -0.3 is 4.00 Å². The molecule has 0 saturated carbocycles. The van der Waals surface area contributed by atoms with Crippen LogP contribution in [-0.2, 0) is 0 Å². The molecule has 0 aromatic heterocycles. The second-order valence-corrected chi connectivity index (χ2v) is 29.5. The molecule has 0 spiro atoms. The van der Waals surface area contributed by atoms with Crippen LogP contribution in [0, 0.1) is 5.41 Å². The SMILES string of the molecule is CC(C)(C)C1[C@H]([Si](C)(C)C)[P@]1N([Si](C)(C)C)[Si](C)(C)C. The summed E-state index contributed by atoms with van der Waals surface area (Å²) in [6.07, 6.45) is 0. The van der Waals surface area contributed by atoms with Crippen LogP contribution in [0.25, 0.3) is 0 Å². The molecule has 3 atom stereocenters. The van der Waals surface area contributed by atoms with Crippen LogP contribution >= 0.6 is 8.07 Å². The van der Waals surface area contributed by atoms with Crippen molar-refractivity contribution in [3.05, 3.63) is 0 Å². The lowest BCUT2D eigenvalue weighted by Gasteiger charge is -2.45. The zero-order valence-corrected chi connectivity index (χ0v) is 19.9. The maximum Gasteiger partial charge on any atom is 0.116 e. The van der Waals surface area contributed by atoms with Gasteiger partial charge in [-0.25, -0.2) is 0 Å². The highest BCUT2D eigenvalue weighted by Gasteiger charge is 2.65. The van der Waals surface area contributed by atoms with Gasteiger partial charge in [-0.3, -0.25) is 0 Å². The van der Waals surface area contributed by atoms with E-state index in [0.717, 1.165) is 10.9 Å². The number of rotatable bonds is 4. The molecule has 1 fully saturated rings. The van der Waals surface area contributed by atoms with E-state index < -0.39 is 24.5 Å². The molecule has 0 aromatic rings. The number of nitrogens with zero attached hydrogens (tertiary/aromatic N) is 1. The molecule has 1 aliphatic rings. The van der Waals surface area contributed by atoms with Gasteiger partial charge in [0, 0.05) is 5.66 Å². The van der Waals surface area contributed by atoms with Crippen LogP contribution in [0.3, 0.4) is 0 Å². The molecule has 1 nitrogen and oxygen atoms in total. The van der Waals surface area contributed by atoms with Crippen molar-refractivity contribution in [1.82, 2.24) is 4.00 Å². The van der Waals surface area contributed by atoms with Crippen molar-refractivity contribution < 1.29 is 0 Å². The average Bonchev–Trinajstić information content (AvgIpc) is 2.69. The molecule has 0 radical (unpaired) electrons. The summed E-state index contributed by atoms with van der Waals surface area (Å²) < 4.78 is 3.16. The summed E-state index contributed by atoms with van der Waals surface area (Å²) in [6.45, 7) is 30.7. The standard InChI is InChI=1S/C15H38NPSi3/c1-15(2,3)13-14(18(4,5)6)17(13)16(19(7,8)9)20(10,11)12/h13-14H,1-12H3/t13?,14-,17+/m0/s1. The monoisotopic (exact) mass is 347 g/mol. The number of hydrogen-bond acceptors (Lipinski definition) is 1. The van der Waals surface area contributed by atoms with Crippen LogP contribution in [0.5, 0.6) is 0 Å². The Balaban J connectivity index is 3.21. The highest BCUT2D eigenvalue weighted by Crippen LogP contribution is 2.77. The van der Waals surface area contributed by atoms with E-state index in [2.05, 4.69) is 83.7 Å². The number of hydrogen-bond donors (Lipinski definition) is 0. The predicted octanol–water partition coefficient (Wildman–Crippen LogP) is 6.03. The maximum absolute atomic E-state index is 3.16. The van der Waals surface area contributed by atoms with Gasteiger partial charge in [0.15, 0.2) is 0 Å². The molecule has 20 heavy (non-hydrogen) atoms. The molecule has 1 rings (SSSR count). The van der Waals surface area contributed by atoms with Gasteiger partial charge in [-0.05, 0) is 18.8 Å². The van der Waals surface area contributed by atoms with Crippen LogP contribution in [0.15, 0.2) is 0 Å². The highest BCUT2D eigenvalue weighted by atomic mass is 31.1. The van der Waals surface area contributed by atoms with E-state index in [1.165, 1.54) is 0 Å². The molecule has 0 aliphatic carbocycles. The van der Waals surface area contributed by atoms with Crippen LogP contribution in [0.4, 0.5) is 0 Å². The molecule has 0 aromatic carbocycles. The Morgan fingerprint density at radius 2 is 1.10 bits per heavy atom. The van der Waals surface area contributed by atoms with Gasteiger partial charge in [0.2, 0.25) is 0 Å². The Labute approximate surface area is 132 Å². The van der Waals surface area contributed by atoms with Gasteiger partial charge >= 0.3 is 0 Å². The van der Waals surface area contributed by atoms with Gasteiger partial charge in [0.1, 0.15) is 16.5 Å². The van der Waals surface area contributed by atoms with Gasteiger partial charge in [0.25, 0.3) is 0 Å². The molecule has 0 bridgehead atoms. The first-order valence-corrected chi connectivity index (χ1v) is 20.0. The molecule has 0 N–H and O–H groups in total. The minimum absolute atomic E-state index is 0.126. The van der Waals surface area contributed by atoms with E-state index in [4.69, 9.17) is 0 Å². The molecule has 5 heteroatoms. The Morgan fingerprint density at radius 3 is 1.25 bits per heavy atom. The summed E-state index contributed by atoms with van der Waals surface area (Å²) in [5, 5.41) is 1.07. The third-order valence-electron chi connectivity index (χ3n) is 4.06. The van der Waals surface area contributed by atoms with Crippen molar-refractivity contribution in [2.24, 2.45) is 5.41 Å². The fraction of sp³-hybridized carbons (Fsp3) is 1.00. The fourth-order valence-corrected chi connectivity index (χ4v) is 29.0. The first-order chi connectivity index (χ1) is 8.49. The Kier molecular flexibility index (Phi) is 5.05. The third kappa shape index (κ3) is 4.07. The second kappa shape index (κ2) is 5.30. The molecular weight excluding hydrogens is 309 g/mol. The zero-order valence-electron chi connectivity index (χ0n) is 16.0. The molecule has 1 unspecified atom stereocenters. The van der Waals surface area contributed by atoms with Gasteiger partial charge in [-0.1, -0.05) is 79.7 Å². The lowest BCUT2D eigenvalue weighted by Crippen LogP contribution is -2.55. The summed E-state index contributed by atoms with van der Waals surface area (Å²) in [5.74, 6) is 0. The topological polar surface area (TPSA) is 3.24 Å². The zero-order chi connectivity index (χ0) is 16.3. The van der Waals surface area contributed by atoms with E-state index in [9.17, 15) is 0 Å². The van der Waals surface area contributed by atoms with Crippen molar-refractivity contribution in [2.75, 3.05) is 0 Å². The minimum atomic E-state index is -1.22. The Bertz CT molecular complexity index is 323. The van der Waals surface area contributed by atoms with Crippen molar-refractivity contribution in [3.8, 4) is 0 Å². The summed E-state index contributed by atoms with van der Waals surface area (Å²) in [5.41, 5.74) is 1.48. The van der Waals surface area contributed by atoms with E-state index in [1.807, 2.05) is 0 Å². The van der Waals surface area contributed by atoms with E-state index in [-0.39, 0.29) is 8.07 Å². The van der Waals surface area contributed by atoms with Crippen LogP contribution in [0.1, 0.15) is 20.8 Å². The Morgan fingerprint density at radius 1 is 0.750 bits per heavy atom. The summed E-state index contributed by atoms with van der Waals surface area (Å²) in [6, 6.07) is 0. The quantitative estimate of drug-likeness (QED) is 0.443. The summed E-state index contributed by atoms with van der Waals surface area (Å²) >= 11 is 0. The highest BCUT2D eigenvalue weighted by molar-refractivity contribution is 7.72. The van der Waals surface area contributed by atoms with Crippen molar-refractivity contribution >= 4 is 32.6 Å². The van der Waals surface area contributed by atoms with Crippen molar-refractivity contribution in [1.29, 1.82) is 0 Å². The molecule has 1 heterocycles. The Hall–Kier alpha value is 1.04. The lowest BCUT2D eigenvalue weighted by molar-refractivity contribution is 0.425. The van der Waals surface area contributed by atoms with Crippen molar-refractivity contribution in [2.45, 2.75) is 90.6 Å². The van der Waals surface area contributed by atoms with E-state index in [1.54, 1.807) is 0 Å². The predicted molar refractivity (Wildman–Crippen MR) is 106 cm³/mol. The molecule has 120 valence electrons. The van der Waals surface area contributed by atoms with Gasteiger partial charge in [0.05, 0.1) is 8.07 Å². The van der Waals surface area contributed by atoms with Gasteiger partial charge in [-0.15, -0.1) is 0 Å². The first-order valence-electron chi connectivity index (χ1n) is 8.07. The van der Waals surface area contributed by atoms with Gasteiger partial charge in [-0.2, -0.15) is 0 Å². The third-order valence-corrected chi connectivity index (χ3v) is 23.7. The molecule has 1 saturated heterocycles. The van der Waals surface area contributed by atoms with E-state index >= 15 is 0 Å². The van der Waals surface area contributed by atoms with Crippen LogP contribution in [0.2, 0.25) is 58.9 Å². The fourth-order valence-electron chi connectivity index (χ4n) is 3.91. The largest absolute Gasteiger partial charge is 0.324 e. The van der Waals surface area contributed by atoms with E-state index in [0.29, 0.717) is 5.41 Å². The van der Waals surface area contributed by atoms with Crippen LogP contribution in [-0.4, -0.2) is 39.5 Å². The summed E-state index contributed by atoms with van der Waals surface area (Å²) in [7, 11) is -3.36. The second-order valence-electron chi connectivity index (χ2n) is 10.7. The molecule has 0 amide bonds. The normalized spacial score (nSPS) is 28.9. The summed E-state index contributed by atoms with van der Waals surface area (Å²) in [4.78, 5) is 0. The first kappa shape index (κ1) is 19.1. The van der Waals surface area contributed by atoms with Crippen molar-refractivity contribution in [3.63, 3.8) is 0 Å². The molecule has 1 aliphatic heterocycles. The van der Waals surface area contributed by atoms with Crippen LogP contribution < -0.4 is 0 Å². The molecular formula is C15H38NPSi3. The average molecular weight is 348 g/mol. The lowest BCUT2D eigenvalue weighted by atomic mass is 9.93. The maximum atomic E-state index is 3.16. The smallest absolute Gasteiger partial charge is 0.116 e. The minimum Gasteiger partial charge on any atom is -0.324 e.